The molecule has 1 saturated heterocycles. The first-order valence-corrected chi connectivity index (χ1v) is 8.58. The SMILES string of the molecule is N#Cc1cc(F)c(N2CC(CNC3CC3c3ccccc3)C2)c(F)c1. The summed E-state index contributed by atoms with van der Waals surface area (Å²) in [4.78, 5) is 1.71. The number of halogens is 2. The van der Waals surface area contributed by atoms with Gasteiger partial charge in [-0.15, -0.1) is 0 Å². The van der Waals surface area contributed by atoms with E-state index in [4.69, 9.17) is 5.26 Å². The number of rotatable bonds is 5. The highest BCUT2D eigenvalue weighted by Crippen LogP contribution is 2.41. The summed E-state index contributed by atoms with van der Waals surface area (Å²) < 4.78 is 28.0. The number of nitriles is 1. The molecule has 25 heavy (non-hydrogen) atoms. The summed E-state index contributed by atoms with van der Waals surface area (Å²) in [5.74, 6) is -0.333. The molecule has 1 N–H and O–H groups in total. The van der Waals surface area contributed by atoms with Crippen LogP contribution in [0.2, 0.25) is 0 Å². The van der Waals surface area contributed by atoms with Crippen LogP contribution in [0.3, 0.4) is 0 Å². The van der Waals surface area contributed by atoms with Gasteiger partial charge in [0.2, 0.25) is 0 Å². The first kappa shape index (κ1) is 16.0. The van der Waals surface area contributed by atoms with Crippen LogP contribution in [0, 0.1) is 28.9 Å². The van der Waals surface area contributed by atoms with E-state index < -0.39 is 11.6 Å². The Balaban J connectivity index is 1.27. The van der Waals surface area contributed by atoms with Gasteiger partial charge in [-0.2, -0.15) is 5.26 Å². The summed E-state index contributed by atoms with van der Waals surface area (Å²) in [5.41, 5.74) is 1.37. The Hall–Kier alpha value is -2.45. The topological polar surface area (TPSA) is 39.1 Å². The van der Waals surface area contributed by atoms with Crippen molar-refractivity contribution < 1.29 is 8.78 Å². The van der Waals surface area contributed by atoms with Crippen LogP contribution in [0.15, 0.2) is 42.5 Å². The van der Waals surface area contributed by atoms with Crippen molar-refractivity contribution in [1.82, 2.24) is 5.32 Å². The van der Waals surface area contributed by atoms with E-state index in [2.05, 4.69) is 29.6 Å². The van der Waals surface area contributed by atoms with Gasteiger partial charge in [0.25, 0.3) is 0 Å². The van der Waals surface area contributed by atoms with Crippen LogP contribution < -0.4 is 10.2 Å². The molecule has 3 nitrogen and oxygen atoms in total. The molecule has 0 bridgehead atoms. The van der Waals surface area contributed by atoms with Gasteiger partial charge in [-0.1, -0.05) is 30.3 Å². The fourth-order valence-corrected chi connectivity index (χ4v) is 3.62. The third-order valence-corrected chi connectivity index (χ3v) is 5.11. The predicted octanol–water partition coefficient (Wildman–Crippen LogP) is 3.42. The Morgan fingerprint density at radius 2 is 1.80 bits per heavy atom. The van der Waals surface area contributed by atoms with Gasteiger partial charge in [0, 0.05) is 37.5 Å². The van der Waals surface area contributed by atoms with Crippen LogP contribution in [-0.4, -0.2) is 25.7 Å². The third-order valence-electron chi connectivity index (χ3n) is 5.11. The number of hydrogen-bond acceptors (Lipinski definition) is 3. The lowest BCUT2D eigenvalue weighted by Gasteiger charge is -2.41. The first-order chi connectivity index (χ1) is 12.2. The molecule has 2 aromatic carbocycles. The molecule has 0 aromatic heterocycles. The molecule has 2 atom stereocenters. The second-order valence-electron chi connectivity index (χ2n) is 6.94. The third kappa shape index (κ3) is 3.22. The number of hydrogen-bond donors (Lipinski definition) is 1. The number of anilines is 1. The lowest BCUT2D eigenvalue weighted by Crippen LogP contribution is -2.51. The molecule has 2 aliphatic rings. The van der Waals surface area contributed by atoms with Gasteiger partial charge in [-0.25, -0.2) is 8.78 Å². The molecule has 5 heteroatoms. The summed E-state index contributed by atoms with van der Waals surface area (Å²) in [6, 6.07) is 15.0. The average molecular weight is 339 g/mol. The van der Waals surface area contributed by atoms with E-state index in [1.165, 1.54) is 5.56 Å². The summed E-state index contributed by atoms with van der Waals surface area (Å²) in [7, 11) is 0. The molecular formula is C20H19F2N3. The standard InChI is InChI=1S/C20H19F2N3/c21-17-6-13(9-23)7-18(22)20(17)25-11-14(12-25)10-24-19-8-16(19)15-4-2-1-3-5-15/h1-7,14,16,19,24H,8,10-12H2. The largest absolute Gasteiger partial charge is 0.366 e. The lowest BCUT2D eigenvalue weighted by atomic mass is 9.98. The molecule has 2 fully saturated rings. The van der Waals surface area contributed by atoms with E-state index in [0.717, 1.165) is 25.1 Å². The molecule has 1 saturated carbocycles. The van der Waals surface area contributed by atoms with Crippen molar-refractivity contribution in [3.8, 4) is 6.07 Å². The average Bonchev–Trinajstić information content (AvgIpc) is 3.35. The summed E-state index contributed by atoms with van der Waals surface area (Å²) >= 11 is 0. The Morgan fingerprint density at radius 3 is 2.44 bits per heavy atom. The quantitative estimate of drug-likeness (QED) is 0.907. The number of benzene rings is 2. The normalized spacial score (nSPS) is 22.4. The van der Waals surface area contributed by atoms with Crippen molar-refractivity contribution in [1.29, 1.82) is 5.26 Å². The van der Waals surface area contributed by atoms with Crippen LogP contribution in [-0.2, 0) is 0 Å². The van der Waals surface area contributed by atoms with E-state index in [1.54, 1.807) is 11.0 Å². The molecule has 1 aliphatic carbocycles. The van der Waals surface area contributed by atoms with E-state index in [0.29, 0.717) is 31.0 Å². The number of nitrogens with zero attached hydrogens (tertiary/aromatic N) is 2. The second-order valence-corrected chi connectivity index (χ2v) is 6.94. The van der Waals surface area contributed by atoms with Crippen LogP contribution in [0.5, 0.6) is 0 Å². The highest BCUT2D eigenvalue weighted by Gasteiger charge is 2.39. The number of nitrogens with one attached hydrogen (secondary N) is 1. The smallest absolute Gasteiger partial charge is 0.150 e. The van der Waals surface area contributed by atoms with Crippen LogP contribution in [0.1, 0.15) is 23.5 Å². The second kappa shape index (κ2) is 6.45. The lowest BCUT2D eigenvalue weighted by molar-refractivity contribution is 0.374. The summed E-state index contributed by atoms with van der Waals surface area (Å²) in [6.45, 7) is 2.13. The van der Waals surface area contributed by atoms with E-state index in [1.807, 2.05) is 6.07 Å². The molecule has 0 radical (unpaired) electrons. The zero-order chi connectivity index (χ0) is 17.4. The van der Waals surface area contributed by atoms with Crippen molar-refractivity contribution in [3.63, 3.8) is 0 Å². The maximum atomic E-state index is 14.0. The fourth-order valence-electron chi connectivity index (χ4n) is 3.62. The summed E-state index contributed by atoms with van der Waals surface area (Å²) in [6.07, 6.45) is 1.15. The minimum Gasteiger partial charge on any atom is -0.366 e. The zero-order valence-electron chi connectivity index (χ0n) is 13.8. The van der Waals surface area contributed by atoms with Gasteiger partial charge < -0.3 is 10.2 Å². The minimum absolute atomic E-state index is 0.0103. The summed E-state index contributed by atoms with van der Waals surface area (Å²) in [5, 5.41) is 12.3. The monoisotopic (exact) mass is 339 g/mol. The molecule has 128 valence electrons. The molecule has 1 aliphatic heterocycles. The van der Waals surface area contributed by atoms with E-state index >= 15 is 0 Å². The Labute approximate surface area is 145 Å². The zero-order valence-corrected chi connectivity index (χ0v) is 13.8. The van der Waals surface area contributed by atoms with Gasteiger partial charge in [-0.3, -0.25) is 0 Å². The van der Waals surface area contributed by atoms with E-state index in [9.17, 15) is 8.78 Å². The van der Waals surface area contributed by atoms with Crippen LogP contribution >= 0.6 is 0 Å². The predicted molar refractivity (Wildman–Crippen MR) is 92.4 cm³/mol. The van der Waals surface area contributed by atoms with Gasteiger partial charge in [0.15, 0.2) is 11.6 Å². The van der Waals surface area contributed by atoms with Crippen molar-refractivity contribution in [2.45, 2.75) is 18.4 Å². The van der Waals surface area contributed by atoms with Crippen molar-refractivity contribution in [3.05, 3.63) is 65.2 Å². The van der Waals surface area contributed by atoms with Gasteiger partial charge in [0.05, 0.1) is 11.6 Å². The minimum atomic E-state index is -0.658. The van der Waals surface area contributed by atoms with E-state index in [-0.39, 0.29) is 11.3 Å². The maximum Gasteiger partial charge on any atom is 0.150 e. The van der Waals surface area contributed by atoms with Crippen molar-refractivity contribution >= 4 is 5.69 Å². The van der Waals surface area contributed by atoms with Crippen molar-refractivity contribution in [2.75, 3.05) is 24.5 Å². The highest BCUT2D eigenvalue weighted by atomic mass is 19.1. The Kier molecular flexibility index (Phi) is 4.14. The van der Waals surface area contributed by atoms with Crippen LogP contribution in [0.4, 0.5) is 14.5 Å². The molecule has 4 rings (SSSR count). The Morgan fingerprint density at radius 1 is 1.12 bits per heavy atom. The van der Waals surface area contributed by atoms with Crippen LogP contribution in [0.25, 0.3) is 0 Å². The first-order valence-electron chi connectivity index (χ1n) is 8.58. The molecule has 2 aromatic rings. The molecule has 0 amide bonds. The van der Waals surface area contributed by atoms with Gasteiger partial charge in [0.1, 0.15) is 5.69 Å². The van der Waals surface area contributed by atoms with Crippen molar-refractivity contribution in [2.24, 2.45) is 5.92 Å². The maximum absolute atomic E-state index is 14.0. The van der Waals surface area contributed by atoms with Gasteiger partial charge in [-0.05, 0) is 24.1 Å². The highest BCUT2D eigenvalue weighted by molar-refractivity contribution is 5.54. The molecular weight excluding hydrogens is 320 g/mol. The molecule has 2 unspecified atom stereocenters. The Bertz CT molecular complexity index is 786. The molecule has 1 heterocycles. The fraction of sp³-hybridized carbons (Fsp3) is 0.350. The van der Waals surface area contributed by atoms with Gasteiger partial charge >= 0.3 is 0 Å². The molecule has 0 spiro atoms.